The molecule has 3 N–H and O–H groups in total. The molecule has 0 fully saturated rings. The van der Waals surface area contributed by atoms with Gasteiger partial charge in [-0.1, -0.05) is 0 Å². The van der Waals surface area contributed by atoms with Crippen LogP contribution in [0.4, 0.5) is 0 Å². The Kier molecular flexibility index (Phi) is 2.89. The molecule has 5 nitrogen and oxygen atoms in total. The van der Waals surface area contributed by atoms with E-state index in [2.05, 4.69) is 5.32 Å². The highest BCUT2D eigenvalue weighted by Gasteiger charge is 2.19. The highest BCUT2D eigenvalue weighted by atomic mass is 16.4. The molecule has 0 unspecified atom stereocenters. The summed E-state index contributed by atoms with van der Waals surface area (Å²) < 4.78 is 0. The fraction of sp³-hybridized carbons (Fsp3) is 0.500. The molecular formula is C8H11NO4. The number of allylic oxidation sites excluding steroid dienone is 2. The summed E-state index contributed by atoms with van der Waals surface area (Å²) in [7, 11) is 0. The zero-order valence-electron chi connectivity index (χ0n) is 7.04. The maximum Gasteiger partial charge on any atom is 0.322 e. The fourth-order valence-electron chi connectivity index (χ4n) is 1.19. The molecule has 0 bridgehead atoms. The number of carboxylic acid groups (broad SMARTS) is 1. The minimum absolute atomic E-state index is 0.271. The molecule has 0 saturated heterocycles. The SMILES string of the molecule is O=C(O)CNC1=C(O)C(=O)CCC1. The highest BCUT2D eigenvalue weighted by molar-refractivity contribution is 5.94. The third-order valence-electron chi connectivity index (χ3n) is 1.83. The lowest BCUT2D eigenvalue weighted by Gasteiger charge is -2.15. The van der Waals surface area contributed by atoms with E-state index in [1.165, 1.54) is 0 Å². The van der Waals surface area contributed by atoms with Crippen molar-refractivity contribution in [1.29, 1.82) is 0 Å². The van der Waals surface area contributed by atoms with Crippen molar-refractivity contribution in [2.45, 2.75) is 19.3 Å². The van der Waals surface area contributed by atoms with Gasteiger partial charge < -0.3 is 15.5 Å². The molecule has 72 valence electrons. The first-order chi connectivity index (χ1) is 6.11. The number of hydrogen-bond acceptors (Lipinski definition) is 4. The van der Waals surface area contributed by atoms with Gasteiger partial charge in [0.2, 0.25) is 0 Å². The lowest BCUT2D eigenvalue weighted by atomic mass is 10.0. The van der Waals surface area contributed by atoms with Crippen LogP contribution >= 0.6 is 0 Å². The van der Waals surface area contributed by atoms with Crippen molar-refractivity contribution in [1.82, 2.24) is 5.32 Å². The molecule has 1 aliphatic carbocycles. The van der Waals surface area contributed by atoms with E-state index in [-0.39, 0.29) is 18.1 Å². The molecular weight excluding hydrogens is 174 g/mol. The van der Waals surface area contributed by atoms with E-state index in [0.29, 0.717) is 25.0 Å². The number of hydrogen-bond donors (Lipinski definition) is 3. The average Bonchev–Trinajstić information content (AvgIpc) is 2.07. The van der Waals surface area contributed by atoms with Crippen molar-refractivity contribution in [3.63, 3.8) is 0 Å². The topological polar surface area (TPSA) is 86.6 Å². The van der Waals surface area contributed by atoms with Crippen LogP contribution < -0.4 is 5.32 Å². The van der Waals surface area contributed by atoms with E-state index in [4.69, 9.17) is 5.11 Å². The number of aliphatic hydroxyl groups excluding tert-OH is 1. The summed E-state index contributed by atoms with van der Waals surface area (Å²) >= 11 is 0. The molecule has 5 heteroatoms. The Morgan fingerprint density at radius 3 is 2.77 bits per heavy atom. The van der Waals surface area contributed by atoms with Gasteiger partial charge in [0.1, 0.15) is 6.54 Å². The quantitative estimate of drug-likeness (QED) is 0.584. The van der Waals surface area contributed by atoms with Crippen LogP contribution in [0.15, 0.2) is 11.5 Å². The smallest absolute Gasteiger partial charge is 0.322 e. The van der Waals surface area contributed by atoms with Crippen molar-refractivity contribution in [2.24, 2.45) is 0 Å². The maximum absolute atomic E-state index is 11.0. The summed E-state index contributed by atoms with van der Waals surface area (Å²) in [6.45, 7) is -0.271. The first-order valence-electron chi connectivity index (χ1n) is 4.02. The normalized spacial score (nSPS) is 17.4. The summed E-state index contributed by atoms with van der Waals surface area (Å²) in [6.07, 6.45) is 1.53. The second kappa shape index (κ2) is 3.93. The average molecular weight is 185 g/mol. The number of rotatable bonds is 3. The Labute approximate surface area is 75.1 Å². The number of carbonyl (C=O) groups excluding carboxylic acids is 1. The third-order valence-corrected chi connectivity index (χ3v) is 1.83. The Balaban J connectivity index is 2.61. The molecule has 0 aromatic carbocycles. The zero-order chi connectivity index (χ0) is 9.84. The van der Waals surface area contributed by atoms with Gasteiger partial charge in [-0.05, 0) is 12.8 Å². The number of carboxylic acids is 1. The van der Waals surface area contributed by atoms with Gasteiger partial charge in [0.05, 0.1) is 5.70 Å². The van der Waals surface area contributed by atoms with Crippen molar-refractivity contribution >= 4 is 11.8 Å². The summed E-state index contributed by atoms with van der Waals surface area (Å²) in [5.41, 5.74) is 0.346. The van der Waals surface area contributed by atoms with Crippen LogP contribution in [0, 0.1) is 0 Å². The van der Waals surface area contributed by atoms with Crippen LogP contribution in [0.2, 0.25) is 0 Å². The first-order valence-corrected chi connectivity index (χ1v) is 4.02. The van der Waals surface area contributed by atoms with Crippen molar-refractivity contribution < 1.29 is 19.8 Å². The van der Waals surface area contributed by atoms with Crippen molar-refractivity contribution in [3.8, 4) is 0 Å². The van der Waals surface area contributed by atoms with Crippen LogP contribution in [0.25, 0.3) is 0 Å². The maximum atomic E-state index is 11.0. The zero-order valence-corrected chi connectivity index (χ0v) is 7.04. The van der Waals surface area contributed by atoms with Gasteiger partial charge in [-0.25, -0.2) is 0 Å². The molecule has 0 radical (unpaired) electrons. The number of carbonyl (C=O) groups is 2. The largest absolute Gasteiger partial charge is 0.503 e. The van der Waals surface area contributed by atoms with Gasteiger partial charge in [0.25, 0.3) is 0 Å². The van der Waals surface area contributed by atoms with Gasteiger partial charge in [-0.3, -0.25) is 9.59 Å². The van der Waals surface area contributed by atoms with Gasteiger partial charge in [0.15, 0.2) is 11.5 Å². The van der Waals surface area contributed by atoms with Crippen LogP contribution in [-0.2, 0) is 9.59 Å². The van der Waals surface area contributed by atoms with Crippen LogP contribution in [0.1, 0.15) is 19.3 Å². The van der Waals surface area contributed by atoms with Gasteiger partial charge in [-0.2, -0.15) is 0 Å². The van der Waals surface area contributed by atoms with Crippen LogP contribution in [-0.4, -0.2) is 28.5 Å². The number of nitrogens with one attached hydrogen (secondary N) is 1. The Morgan fingerprint density at radius 2 is 2.15 bits per heavy atom. The minimum Gasteiger partial charge on any atom is -0.503 e. The van der Waals surface area contributed by atoms with Gasteiger partial charge in [0, 0.05) is 6.42 Å². The second-order valence-corrected chi connectivity index (χ2v) is 2.85. The summed E-state index contributed by atoms with van der Waals surface area (Å²) in [5.74, 6) is -1.65. The number of ketones is 1. The van der Waals surface area contributed by atoms with Crippen LogP contribution in [0.3, 0.4) is 0 Å². The molecule has 0 aliphatic heterocycles. The molecule has 1 rings (SSSR count). The number of aliphatic carboxylic acids is 1. The molecule has 13 heavy (non-hydrogen) atoms. The van der Waals surface area contributed by atoms with E-state index in [1.807, 2.05) is 0 Å². The van der Waals surface area contributed by atoms with Crippen molar-refractivity contribution in [2.75, 3.05) is 6.54 Å². The summed E-state index contributed by atoms with van der Waals surface area (Å²) in [6, 6.07) is 0. The van der Waals surface area contributed by atoms with E-state index >= 15 is 0 Å². The lowest BCUT2D eigenvalue weighted by Crippen LogP contribution is -2.26. The van der Waals surface area contributed by atoms with Gasteiger partial charge in [-0.15, -0.1) is 0 Å². The highest BCUT2D eigenvalue weighted by Crippen LogP contribution is 2.17. The standard InChI is InChI=1S/C8H11NO4/c10-6-3-1-2-5(8(6)13)9-4-7(11)12/h9,13H,1-4H2,(H,11,12). The van der Waals surface area contributed by atoms with Crippen LogP contribution in [0.5, 0.6) is 0 Å². The Morgan fingerprint density at radius 1 is 1.46 bits per heavy atom. The molecule has 0 spiro atoms. The van der Waals surface area contributed by atoms with E-state index in [9.17, 15) is 14.7 Å². The lowest BCUT2D eigenvalue weighted by molar-refractivity contribution is -0.135. The van der Waals surface area contributed by atoms with E-state index < -0.39 is 5.97 Å². The molecule has 1 aliphatic rings. The van der Waals surface area contributed by atoms with E-state index in [1.54, 1.807) is 0 Å². The molecule has 0 amide bonds. The number of aliphatic hydroxyl groups is 1. The summed E-state index contributed by atoms with van der Waals surface area (Å²) in [4.78, 5) is 21.1. The summed E-state index contributed by atoms with van der Waals surface area (Å²) in [5, 5.41) is 20.1. The Hall–Kier alpha value is -1.52. The monoisotopic (exact) mass is 185 g/mol. The molecule has 0 saturated carbocycles. The van der Waals surface area contributed by atoms with Gasteiger partial charge >= 0.3 is 5.97 Å². The predicted octanol–water partition coefficient (Wildman–Crippen LogP) is 0.183. The third kappa shape index (κ3) is 2.47. The fourth-order valence-corrected chi connectivity index (χ4v) is 1.19. The molecule has 0 atom stereocenters. The van der Waals surface area contributed by atoms with E-state index in [0.717, 1.165) is 0 Å². The molecule has 0 aromatic heterocycles. The Bertz CT molecular complexity index is 269. The molecule has 0 aromatic rings. The first kappa shape index (κ1) is 9.57. The van der Waals surface area contributed by atoms with Crippen molar-refractivity contribution in [3.05, 3.63) is 11.5 Å². The predicted molar refractivity (Wildman–Crippen MR) is 44.2 cm³/mol. The second-order valence-electron chi connectivity index (χ2n) is 2.85. The molecule has 0 heterocycles. The number of Topliss-reactive ketones (excluding diaryl/α,β-unsaturated/α-hetero) is 1. The minimum atomic E-state index is -1.02.